The molecule has 0 radical (unpaired) electrons. The average molecular weight is 215 g/mol. The Morgan fingerprint density at radius 2 is 2.00 bits per heavy atom. The van der Waals surface area contributed by atoms with Crippen LogP contribution < -0.4 is 0 Å². The van der Waals surface area contributed by atoms with Gasteiger partial charge in [0.25, 0.3) is 0 Å². The number of hydrogen-bond acceptors (Lipinski definition) is 3. The Hall–Kier alpha value is -1.66. The highest BCUT2D eigenvalue weighted by Crippen LogP contribution is 2.35. The lowest BCUT2D eigenvalue weighted by molar-refractivity contribution is -0.125. The number of carbonyl (C=O) groups is 1. The lowest BCUT2D eigenvalue weighted by atomic mass is 9.79. The lowest BCUT2D eigenvalue weighted by Crippen LogP contribution is -2.31. The molecule has 0 spiro atoms. The number of aliphatic hydroxyl groups is 1. The number of hydrogen-bond donors (Lipinski definition) is 1. The Balaban J connectivity index is 2.29. The molecule has 0 aromatic heterocycles. The third kappa shape index (κ3) is 1.98. The third-order valence-corrected chi connectivity index (χ3v) is 3.16. The second-order valence-electron chi connectivity index (χ2n) is 4.26. The molecule has 0 unspecified atom stereocenters. The molecule has 1 N–H and O–H groups in total. The van der Waals surface area contributed by atoms with Gasteiger partial charge in [0.15, 0.2) is 0 Å². The first-order valence-electron chi connectivity index (χ1n) is 5.39. The Kier molecular flexibility index (Phi) is 2.76. The van der Waals surface area contributed by atoms with Gasteiger partial charge in [-0.3, -0.25) is 4.79 Å². The van der Waals surface area contributed by atoms with E-state index in [1.54, 1.807) is 18.2 Å². The van der Waals surface area contributed by atoms with Crippen molar-refractivity contribution in [2.75, 3.05) is 0 Å². The standard InChI is InChI=1S/C13H13NO2/c14-9-10-2-1-3-11(8-10)13(16)6-4-12(15)5-7-13/h1-3,8,16H,4-7H2. The Morgan fingerprint density at radius 3 is 2.62 bits per heavy atom. The number of nitriles is 1. The number of benzene rings is 1. The summed E-state index contributed by atoms with van der Waals surface area (Å²) in [7, 11) is 0. The van der Waals surface area contributed by atoms with Gasteiger partial charge in [0.2, 0.25) is 0 Å². The van der Waals surface area contributed by atoms with Gasteiger partial charge in [-0.1, -0.05) is 12.1 Å². The van der Waals surface area contributed by atoms with Crippen molar-refractivity contribution in [2.24, 2.45) is 0 Å². The molecule has 2 rings (SSSR count). The molecule has 0 atom stereocenters. The fourth-order valence-electron chi connectivity index (χ4n) is 2.11. The zero-order valence-corrected chi connectivity index (χ0v) is 8.94. The summed E-state index contributed by atoms with van der Waals surface area (Å²) in [6, 6.07) is 9.05. The fraction of sp³-hybridized carbons (Fsp3) is 0.385. The summed E-state index contributed by atoms with van der Waals surface area (Å²) in [4.78, 5) is 11.1. The molecular weight excluding hydrogens is 202 g/mol. The Morgan fingerprint density at radius 1 is 1.31 bits per heavy atom. The minimum atomic E-state index is -0.930. The van der Waals surface area contributed by atoms with Gasteiger partial charge in [-0.15, -0.1) is 0 Å². The van der Waals surface area contributed by atoms with E-state index in [-0.39, 0.29) is 5.78 Å². The highest BCUT2D eigenvalue weighted by molar-refractivity contribution is 5.79. The summed E-state index contributed by atoms with van der Waals surface area (Å²) in [5, 5.41) is 19.2. The minimum absolute atomic E-state index is 0.209. The summed E-state index contributed by atoms with van der Waals surface area (Å²) in [6.45, 7) is 0. The zero-order valence-electron chi connectivity index (χ0n) is 8.94. The van der Waals surface area contributed by atoms with E-state index in [0.717, 1.165) is 5.56 Å². The van der Waals surface area contributed by atoms with Crippen molar-refractivity contribution in [1.82, 2.24) is 0 Å². The van der Waals surface area contributed by atoms with Crippen molar-refractivity contribution in [3.05, 3.63) is 35.4 Å². The van der Waals surface area contributed by atoms with Crippen molar-refractivity contribution in [3.8, 4) is 6.07 Å². The van der Waals surface area contributed by atoms with Gasteiger partial charge < -0.3 is 5.11 Å². The molecule has 0 bridgehead atoms. The number of ketones is 1. The van der Waals surface area contributed by atoms with Gasteiger partial charge in [-0.05, 0) is 30.5 Å². The first-order valence-corrected chi connectivity index (χ1v) is 5.39. The van der Waals surface area contributed by atoms with Crippen LogP contribution in [0.4, 0.5) is 0 Å². The van der Waals surface area contributed by atoms with E-state index in [4.69, 9.17) is 5.26 Å². The smallest absolute Gasteiger partial charge is 0.133 e. The normalized spacial score (nSPS) is 19.1. The van der Waals surface area contributed by atoms with Crippen LogP contribution in [-0.4, -0.2) is 10.9 Å². The summed E-state index contributed by atoms with van der Waals surface area (Å²) >= 11 is 0. The molecule has 1 fully saturated rings. The van der Waals surface area contributed by atoms with E-state index in [1.807, 2.05) is 6.07 Å². The van der Waals surface area contributed by atoms with Crippen LogP contribution in [0.25, 0.3) is 0 Å². The summed E-state index contributed by atoms with van der Waals surface area (Å²) < 4.78 is 0. The second-order valence-corrected chi connectivity index (χ2v) is 4.26. The summed E-state index contributed by atoms with van der Waals surface area (Å²) in [6.07, 6.45) is 1.77. The molecule has 1 aliphatic rings. The van der Waals surface area contributed by atoms with E-state index in [9.17, 15) is 9.90 Å². The van der Waals surface area contributed by atoms with Gasteiger partial charge in [0.05, 0.1) is 17.2 Å². The summed E-state index contributed by atoms with van der Waals surface area (Å²) in [5.41, 5.74) is 0.364. The highest BCUT2D eigenvalue weighted by Gasteiger charge is 2.34. The first-order chi connectivity index (χ1) is 7.64. The quantitative estimate of drug-likeness (QED) is 0.778. The average Bonchev–Trinajstić information content (AvgIpc) is 2.33. The van der Waals surface area contributed by atoms with E-state index >= 15 is 0 Å². The molecule has 0 heterocycles. The van der Waals surface area contributed by atoms with E-state index in [0.29, 0.717) is 31.2 Å². The van der Waals surface area contributed by atoms with Crippen molar-refractivity contribution < 1.29 is 9.90 Å². The third-order valence-electron chi connectivity index (χ3n) is 3.16. The molecule has 0 saturated heterocycles. The minimum Gasteiger partial charge on any atom is -0.385 e. The lowest BCUT2D eigenvalue weighted by Gasteiger charge is -2.31. The molecule has 1 aliphatic carbocycles. The number of carbonyl (C=O) groups excluding carboxylic acids is 1. The van der Waals surface area contributed by atoms with Gasteiger partial charge in [-0.2, -0.15) is 5.26 Å². The van der Waals surface area contributed by atoms with Crippen LogP contribution in [-0.2, 0) is 10.4 Å². The number of rotatable bonds is 1. The predicted octanol–water partition coefficient (Wildman–Crippen LogP) is 1.89. The Labute approximate surface area is 94.3 Å². The van der Waals surface area contributed by atoms with Crippen molar-refractivity contribution in [3.63, 3.8) is 0 Å². The van der Waals surface area contributed by atoms with Crippen LogP contribution in [0.5, 0.6) is 0 Å². The predicted molar refractivity (Wildman–Crippen MR) is 58.5 cm³/mol. The van der Waals surface area contributed by atoms with Crippen LogP contribution in [0.3, 0.4) is 0 Å². The van der Waals surface area contributed by atoms with Gasteiger partial charge in [0, 0.05) is 12.8 Å². The maximum Gasteiger partial charge on any atom is 0.133 e. The molecule has 3 nitrogen and oxygen atoms in total. The van der Waals surface area contributed by atoms with Crippen molar-refractivity contribution in [1.29, 1.82) is 5.26 Å². The van der Waals surface area contributed by atoms with Crippen LogP contribution in [0, 0.1) is 11.3 Å². The van der Waals surface area contributed by atoms with Crippen LogP contribution in [0.1, 0.15) is 36.8 Å². The molecule has 1 aromatic carbocycles. The largest absolute Gasteiger partial charge is 0.385 e. The molecular formula is C13H13NO2. The van der Waals surface area contributed by atoms with Crippen molar-refractivity contribution >= 4 is 5.78 Å². The van der Waals surface area contributed by atoms with E-state index in [1.165, 1.54) is 0 Å². The highest BCUT2D eigenvalue weighted by atomic mass is 16.3. The monoisotopic (exact) mass is 215 g/mol. The van der Waals surface area contributed by atoms with Gasteiger partial charge in [-0.25, -0.2) is 0 Å². The van der Waals surface area contributed by atoms with E-state index < -0.39 is 5.60 Å². The fourth-order valence-corrected chi connectivity index (χ4v) is 2.11. The first kappa shape index (κ1) is 10.8. The maximum atomic E-state index is 11.1. The Bertz CT molecular complexity index is 449. The van der Waals surface area contributed by atoms with E-state index in [2.05, 4.69) is 6.07 Å². The molecule has 0 amide bonds. The van der Waals surface area contributed by atoms with Gasteiger partial charge >= 0.3 is 0 Å². The maximum absolute atomic E-state index is 11.1. The second kappa shape index (κ2) is 4.07. The molecule has 1 saturated carbocycles. The molecule has 16 heavy (non-hydrogen) atoms. The number of Topliss-reactive ketones (excluding diaryl/α,β-unsaturated/α-hetero) is 1. The summed E-state index contributed by atoms with van der Waals surface area (Å²) in [5.74, 6) is 0.209. The SMILES string of the molecule is N#Cc1cccc(C2(O)CCC(=O)CC2)c1. The molecule has 3 heteroatoms. The zero-order chi connectivity index (χ0) is 11.6. The number of nitrogens with zero attached hydrogens (tertiary/aromatic N) is 1. The molecule has 0 aliphatic heterocycles. The topological polar surface area (TPSA) is 61.1 Å². The molecule has 1 aromatic rings. The van der Waals surface area contributed by atoms with Crippen molar-refractivity contribution in [2.45, 2.75) is 31.3 Å². The van der Waals surface area contributed by atoms with Crippen LogP contribution in [0.15, 0.2) is 24.3 Å². The molecule has 82 valence electrons. The van der Waals surface area contributed by atoms with Crippen LogP contribution in [0.2, 0.25) is 0 Å². The van der Waals surface area contributed by atoms with Gasteiger partial charge in [0.1, 0.15) is 5.78 Å². The van der Waals surface area contributed by atoms with Crippen LogP contribution >= 0.6 is 0 Å².